The van der Waals surface area contributed by atoms with Crippen LogP contribution in [0, 0.1) is 5.92 Å². The van der Waals surface area contributed by atoms with Gasteiger partial charge in [0.05, 0.1) is 19.1 Å². The molecule has 98 valence electrons. The van der Waals surface area contributed by atoms with E-state index in [9.17, 15) is 9.59 Å². The number of likely N-dealkylation sites (N-methyl/N-ethyl adjacent to an activating group) is 1. The highest BCUT2D eigenvalue weighted by atomic mass is 16.5. The third-order valence-corrected chi connectivity index (χ3v) is 3.09. The predicted molar refractivity (Wildman–Crippen MR) is 63.2 cm³/mol. The maximum absolute atomic E-state index is 12.2. The van der Waals surface area contributed by atoms with Crippen molar-refractivity contribution in [2.75, 3.05) is 33.4 Å². The van der Waals surface area contributed by atoms with E-state index in [1.807, 2.05) is 6.92 Å². The van der Waals surface area contributed by atoms with Crippen LogP contribution in [0.15, 0.2) is 0 Å². The SMILES string of the molecule is CCC(CN)C(=O)N1CCOCC1C(=O)NC. The average molecular weight is 243 g/mol. The average Bonchev–Trinajstić information content (AvgIpc) is 2.39. The second-order valence-electron chi connectivity index (χ2n) is 4.08. The van der Waals surface area contributed by atoms with Gasteiger partial charge in [0.1, 0.15) is 6.04 Å². The molecule has 1 rings (SSSR count). The number of nitrogens with two attached hydrogens (primary N) is 1. The monoisotopic (exact) mass is 243 g/mol. The number of nitrogens with one attached hydrogen (secondary N) is 1. The fourth-order valence-electron chi connectivity index (χ4n) is 1.93. The van der Waals surface area contributed by atoms with Crippen molar-refractivity contribution >= 4 is 11.8 Å². The smallest absolute Gasteiger partial charge is 0.244 e. The molecule has 1 heterocycles. The molecule has 1 fully saturated rings. The highest BCUT2D eigenvalue weighted by Crippen LogP contribution is 2.13. The normalized spacial score (nSPS) is 22.1. The van der Waals surface area contributed by atoms with Gasteiger partial charge in [-0.25, -0.2) is 0 Å². The van der Waals surface area contributed by atoms with Crippen molar-refractivity contribution in [1.82, 2.24) is 10.2 Å². The lowest BCUT2D eigenvalue weighted by atomic mass is 10.0. The van der Waals surface area contributed by atoms with E-state index in [2.05, 4.69) is 5.32 Å². The van der Waals surface area contributed by atoms with E-state index in [1.165, 1.54) is 0 Å². The Hall–Kier alpha value is -1.14. The van der Waals surface area contributed by atoms with Crippen LogP contribution >= 0.6 is 0 Å². The Labute approximate surface area is 101 Å². The topological polar surface area (TPSA) is 84.7 Å². The van der Waals surface area contributed by atoms with Crippen LogP contribution in [0.1, 0.15) is 13.3 Å². The molecule has 6 nitrogen and oxygen atoms in total. The quantitative estimate of drug-likeness (QED) is 0.659. The van der Waals surface area contributed by atoms with Gasteiger partial charge in [-0.2, -0.15) is 0 Å². The number of hydrogen-bond donors (Lipinski definition) is 2. The molecule has 0 aromatic rings. The molecule has 0 spiro atoms. The van der Waals surface area contributed by atoms with E-state index in [4.69, 9.17) is 10.5 Å². The van der Waals surface area contributed by atoms with Crippen molar-refractivity contribution in [3.63, 3.8) is 0 Å². The summed E-state index contributed by atoms with van der Waals surface area (Å²) in [5.74, 6) is -0.447. The molecule has 1 aliphatic rings. The van der Waals surface area contributed by atoms with Gasteiger partial charge in [0.15, 0.2) is 0 Å². The van der Waals surface area contributed by atoms with Gasteiger partial charge in [0.25, 0.3) is 0 Å². The summed E-state index contributed by atoms with van der Waals surface area (Å²) in [5.41, 5.74) is 5.57. The molecule has 0 bridgehead atoms. The van der Waals surface area contributed by atoms with Crippen LogP contribution < -0.4 is 11.1 Å². The molecular weight excluding hydrogens is 222 g/mol. The van der Waals surface area contributed by atoms with Gasteiger partial charge in [-0.3, -0.25) is 9.59 Å². The number of carbonyl (C=O) groups is 2. The first-order valence-corrected chi connectivity index (χ1v) is 5.95. The van der Waals surface area contributed by atoms with Crippen molar-refractivity contribution < 1.29 is 14.3 Å². The van der Waals surface area contributed by atoms with Gasteiger partial charge in [0.2, 0.25) is 11.8 Å². The zero-order valence-electron chi connectivity index (χ0n) is 10.4. The maximum Gasteiger partial charge on any atom is 0.244 e. The Morgan fingerprint density at radius 3 is 2.82 bits per heavy atom. The molecule has 0 aliphatic carbocycles. The van der Waals surface area contributed by atoms with Crippen LogP contribution in [0.4, 0.5) is 0 Å². The van der Waals surface area contributed by atoms with Crippen LogP contribution in [0.25, 0.3) is 0 Å². The van der Waals surface area contributed by atoms with E-state index in [0.717, 1.165) is 0 Å². The number of morpholine rings is 1. The standard InChI is InChI=1S/C11H21N3O3/c1-3-8(6-12)11(16)14-4-5-17-7-9(14)10(15)13-2/h8-9H,3-7,12H2,1-2H3,(H,13,15). The minimum absolute atomic E-state index is 0.0492. The van der Waals surface area contributed by atoms with E-state index in [0.29, 0.717) is 26.1 Å². The molecule has 2 atom stereocenters. The lowest BCUT2D eigenvalue weighted by Gasteiger charge is -2.36. The third kappa shape index (κ3) is 3.17. The summed E-state index contributed by atoms with van der Waals surface area (Å²) < 4.78 is 5.25. The Bertz CT molecular complexity index is 279. The molecule has 0 aromatic carbocycles. The lowest BCUT2D eigenvalue weighted by molar-refractivity contribution is -0.151. The number of carbonyl (C=O) groups excluding carboxylic acids is 2. The Morgan fingerprint density at radius 1 is 1.59 bits per heavy atom. The number of ether oxygens (including phenoxy) is 1. The van der Waals surface area contributed by atoms with Crippen molar-refractivity contribution in [3.8, 4) is 0 Å². The minimum Gasteiger partial charge on any atom is -0.377 e. The number of hydrogen-bond acceptors (Lipinski definition) is 4. The van der Waals surface area contributed by atoms with Crippen molar-refractivity contribution in [3.05, 3.63) is 0 Å². The summed E-state index contributed by atoms with van der Waals surface area (Å²) in [4.78, 5) is 25.5. The second kappa shape index (κ2) is 6.56. The van der Waals surface area contributed by atoms with Crippen molar-refractivity contribution in [1.29, 1.82) is 0 Å². The highest BCUT2D eigenvalue weighted by molar-refractivity contribution is 5.88. The zero-order chi connectivity index (χ0) is 12.8. The van der Waals surface area contributed by atoms with Crippen LogP contribution in [0.3, 0.4) is 0 Å². The lowest BCUT2D eigenvalue weighted by Crippen LogP contribution is -2.57. The highest BCUT2D eigenvalue weighted by Gasteiger charge is 2.34. The maximum atomic E-state index is 12.2. The van der Waals surface area contributed by atoms with Crippen LogP contribution in [-0.4, -0.2) is 56.1 Å². The predicted octanol–water partition coefficient (Wildman–Crippen LogP) is -1.06. The first-order chi connectivity index (χ1) is 8.15. The third-order valence-electron chi connectivity index (χ3n) is 3.09. The molecule has 0 aromatic heterocycles. The van der Waals surface area contributed by atoms with Crippen molar-refractivity contribution in [2.24, 2.45) is 11.7 Å². The molecule has 17 heavy (non-hydrogen) atoms. The molecule has 3 N–H and O–H groups in total. The van der Waals surface area contributed by atoms with Gasteiger partial charge in [-0.1, -0.05) is 6.92 Å². The Morgan fingerprint density at radius 2 is 2.29 bits per heavy atom. The molecule has 1 aliphatic heterocycles. The molecule has 0 saturated carbocycles. The van der Waals surface area contributed by atoms with Crippen LogP contribution in [0.2, 0.25) is 0 Å². The van der Waals surface area contributed by atoms with Gasteiger partial charge >= 0.3 is 0 Å². The van der Waals surface area contributed by atoms with Crippen LogP contribution in [-0.2, 0) is 14.3 Å². The second-order valence-corrected chi connectivity index (χ2v) is 4.08. The van der Waals surface area contributed by atoms with Gasteiger partial charge in [-0.15, -0.1) is 0 Å². The number of amides is 2. The molecule has 2 unspecified atom stereocenters. The fraction of sp³-hybridized carbons (Fsp3) is 0.818. The number of nitrogens with zero attached hydrogens (tertiary/aromatic N) is 1. The molecule has 6 heteroatoms. The summed E-state index contributed by atoms with van der Waals surface area (Å²) in [6, 6.07) is -0.526. The molecule has 2 amide bonds. The molecule has 0 radical (unpaired) electrons. The molecule has 1 saturated heterocycles. The van der Waals surface area contributed by atoms with Gasteiger partial charge in [0, 0.05) is 20.1 Å². The van der Waals surface area contributed by atoms with Gasteiger partial charge in [-0.05, 0) is 6.42 Å². The Kier molecular flexibility index (Phi) is 5.37. The van der Waals surface area contributed by atoms with Crippen LogP contribution in [0.5, 0.6) is 0 Å². The summed E-state index contributed by atoms with van der Waals surface area (Å²) >= 11 is 0. The zero-order valence-corrected chi connectivity index (χ0v) is 10.4. The van der Waals surface area contributed by atoms with Crippen molar-refractivity contribution in [2.45, 2.75) is 19.4 Å². The minimum atomic E-state index is -0.526. The summed E-state index contributed by atoms with van der Waals surface area (Å²) in [7, 11) is 1.56. The largest absolute Gasteiger partial charge is 0.377 e. The Balaban J connectivity index is 2.76. The first-order valence-electron chi connectivity index (χ1n) is 5.95. The van der Waals surface area contributed by atoms with E-state index < -0.39 is 6.04 Å². The van der Waals surface area contributed by atoms with E-state index in [1.54, 1.807) is 11.9 Å². The van der Waals surface area contributed by atoms with Gasteiger partial charge < -0.3 is 20.7 Å². The summed E-state index contributed by atoms with van der Waals surface area (Å²) in [6.45, 7) is 3.41. The van der Waals surface area contributed by atoms with E-state index >= 15 is 0 Å². The molecular formula is C11H21N3O3. The fourth-order valence-corrected chi connectivity index (χ4v) is 1.93. The summed E-state index contributed by atoms with van der Waals surface area (Å²) in [5, 5.41) is 2.55. The number of rotatable bonds is 4. The summed E-state index contributed by atoms with van der Waals surface area (Å²) in [6.07, 6.45) is 0.688. The first kappa shape index (κ1) is 13.9. The van der Waals surface area contributed by atoms with E-state index in [-0.39, 0.29) is 24.3 Å².